The zero-order valence-corrected chi connectivity index (χ0v) is 18.9. The summed E-state index contributed by atoms with van der Waals surface area (Å²) in [5.74, 6) is -0.233. The van der Waals surface area contributed by atoms with Gasteiger partial charge in [0.25, 0.3) is 5.91 Å². The van der Waals surface area contributed by atoms with Gasteiger partial charge >= 0.3 is 5.97 Å². The molecule has 9 nitrogen and oxygen atoms in total. The van der Waals surface area contributed by atoms with Gasteiger partial charge in [-0.3, -0.25) is 4.79 Å². The van der Waals surface area contributed by atoms with Gasteiger partial charge in [0.05, 0.1) is 24.2 Å². The van der Waals surface area contributed by atoms with Crippen molar-refractivity contribution in [1.29, 1.82) is 0 Å². The highest BCUT2D eigenvalue weighted by Gasteiger charge is 2.34. The van der Waals surface area contributed by atoms with Crippen LogP contribution >= 0.6 is 0 Å². The van der Waals surface area contributed by atoms with Crippen molar-refractivity contribution in [2.45, 2.75) is 37.3 Å². The lowest BCUT2D eigenvalue weighted by atomic mass is 10.2. The van der Waals surface area contributed by atoms with Gasteiger partial charge in [-0.05, 0) is 49.7 Å². The van der Waals surface area contributed by atoms with Crippen LogP contribution in [0.25, 0.3) is 0 Å². The molecule has 1 aliphatic rings. The summed E-state index contributed by atoms with van der Waals surface area (Å²) in [5, 5.41) is 0. The third kappa shape index (κ3) is 5.38. The number of amides is 1. The quantitative estimate of drug-likeness (QED) is 0.598. The van der Waals surface area contributed by atoms with E-state index in [1.165, 1.54) is 36.3 Å². The second-order valence-electron chi connectivity index (χ2n) is 7.29. The molecule has 0 saturated heterocycles. The second kappa shape index (κ2) is 10.0. The monoisotopic (exact) mass is 462 g/mol. The zero-order chi connectivity index (χ0) is 23.3. The smallest absolute Gasteiger partial charge is 0.348 e. The fourth-order valence-corrected chi connectivity index (χ4v) is 4.41. The first-order valence-electron chi connectivity index (χ1n) is 10.1. The van der Waals surface area contributed by atoms with Crippen molar-refractivity contribution in [2.24, 2.45) is 0 Å². The number of fused-ring (bicyclic) bond motifs is 1. The Morgan fingerprint density at radius 3 is 2.53 bits per heavy atom. The third-order valence-corrected chi connectivity index (χ3v) is 6.61. The standard InChI is InChI=1S/C22H26N2O7S/c1-4-15(2)23-32(27,28)17-11-9-16(10-12-17)30-14-21(25)24-13-20(22(26)29-3)31-19-8-6-5-7-18(19)24/h5-12,15,20,23H,4,13-14H2,1-3H3/t15-,20+/m1/s1. The molecular weight excluding hydrogens is 436 g/mol. The topological polar surface area (TPSA) is 111 Å². The fraction of sp³-hybridized carbons (Fsp3) is 0.364. The molecule has 1 amide bonds. The highest BCUT2D eigenvalue weighted by molar-refractivity contribution is 7.89. The Hall–Kier alpha value is -3.11. The van der Waals surface area contributed by atoms with Gasteiger partial charge in [-0.15, -0.1) is 0 Å². The van der Waals surface area contributed by atoms with E-state index in [1.54, 1.807) is 31.2 Å². The molecule has 2 atom stereocenters. The van der Waals surface area contributed by atoms with Crippen LogP contribution in [0.2, 0.25) is 0 Å². The fourth-order valence-electron chi connectivity index (χ4n) is 3.08. The molecule has 0 bridgehead atoms. The average Bonchev–Trinajstić information content (AvgIpc) is 2.81. The maximum Gasteiger partial charge on any atom is 0.348 e. The van der Waals surface area contributed by atoms with Crippen LogP contribution in [-0.2, 0) is 24.3 Å². The molecule has 0 saturated carbocycles. The van der Waals surface area contributed by atoms with E-state index in [4.69, 9.17) is 14.2 Å². The number of nitrogens with zero attached hydrogens (tertiary/aromatic N) is 1. The van der Waals surface area contributed by atoms with E-state index in [0.717, 1.165) is 0 Å². The zero-order valence-electron chi connectivity index (χ0n) is 18.1. The highest BCUT2D eigenvalue weighted by Crippen LogP contribution is 2.33. The van der Waals surface area contributed by atoms with Crippen LogP contribution < -0.4 is 19.1 Å². The number of ether oxygens (including phenoxy) is 3. The van der Waals surface area contributed by atoms with Crippen LogP contribution in [0.5, 0.6) is 11.5 Å². The summed E-state index contributed by atoms with van der Waals surface area (Å²) < 4.78 is 43.2. The lowest BCUT2D eigenvalue weighted by Crippen LogP contribution is -2.48. The Kier molecular flexibility index (Phi) is 7.37. The largest absolute Gasteiger partial charge is 0.484 e. The van der Waals surface area contributed by atoms with Crippen molar-refractivity contribution in [3.05, 3.63) is 48.5 Å². The minimum atomic E-state index is -3.63. The Bertz CT molecular complexity index is 1070. The lowest BCUT2D eigenvalue weighted by molar-refractivity contribution is -0.148. The Labute approximate surface area is 187 Å². The Morgan fingerprint density at radius 2 is 1.88 bits per heavy atom. The molecule has 1 heterocycles. The molecule has 0 radical (unpaired) electrons. The van der Waals surface area contributed by atoms with Crippen molar-refractivity contribution in [2.75, 3.05) is 25.2 Å². The van der Waals surface area contributed by atoms with E-state index < -0.39 is 22.1 Å². The van der Waals surface area contributed by atoms with Gasteiger partial charge in [-0.1, -0.05) is 19.1 Å². The molecule has 0 aliphatic carbocycles. The van der Waals surface area contributed by atoms with Crippen molar-refractivity contribution in [3.63, 3.8) is 0 Å². The number of carbonyl (C=O) groups excluding carboxylic acids is 2. The number of carbonyl (C=O) groups is 2. The van der Waals surface area contributed by atoms with E-state index in [-0.39, 0.29) is 30.0 Å². The van der Waals surface area contributed by atoms with Crippen molar-refractivity contribution in [1.82, 2.24) is 4.72 Å². The number of methoxy groups -OCH3 is 1. The molecule has 0 aromatic heterocycles. The van der Waals surface area contributed by atoms with Gasteiger partial charge in [0, 0.05) is 6.04 Å². The van der Waals surface area contributed by atoms with Crippen LogP contribution in [-0.4, -0.2) is 52.7 Å². The first-order chi connectivity index (χ1) is 15.2. The minimum absolute atomic E-state index is 0.00958. The molecule has 0 fully saturated rings. The SMILES string of the molecule is CC[C@@H](C)NS(=O)(=O)c1ccc(OCC(=O)N2C[C@@H](C(=O)OC)Oc3ccccc32)cc1. The summed E-state index contributed by atoms with van der Waals surface area (Å²) in [6.45, 7) is 3.36. The first-order valence-corrected chi connectivity index (χ1v) is 11.6. The summed E-state index contributed by atoms with van der Waals surface area (Å²) >= 11 is 0. The molecule has 10 heteroatoms. The molecule has 0 spiro atoms. The molecule has 2 aromatic carbocycles. The second-order valence-corrected chi connectivity index (χ2v) is 9.01. The molecule has 0 unspecified atom stereocenters. The average molecular weight is 463 g/mol. The molecule has 172 valence electrons. The van der Waals surface area contributed by atoms with Crippen LogP contribution in [0.1, 0.15) is 20.3 Å². The van der Waals surface area contributed by atoms with Gasteiger partial charge in [0.2, 0.25) is 16.1 Å². The molecule has 32 heavy (non-hydrogen) atoms. The number of hydrogen-bond acceptors (Lipinski definition) is 7. The van der Waals surface area contributed by atoms with Crippen molar-refractivity contribution in [3.8, 4) is 11.5 Å². The number of hydrogen-bond donors (Lipinski definition) is 1. The van der Waals surface area contributed by atoms with Crippen molar-refractivity contribution >= 4 is 27.6 Å². The molecule has 3 rings (SSSR count). The highest BCUT2D eigenvalue weighted by atomic mass is 32.2. The summed E-state index contributed by atoms with van der Waals surface area (Å²) in [4.78, 5) is 26.3. The first kappa shape index (κ1) is 23.6. The van der Waals surface area contributed by atoms with Crippen LogP contribution in [0, 0.1) is 0 Å². The number of nitrogens with one attached hydrogen (secondary N) is 1. The summed E-state index contributed by atoms with van der Waals surface area (Å²) in [6, 6.07) is 12.5. The minimum Gasteiger partial charge on any atom is -0.484 e. The van der Waals surface area contributed by atoms with Gasteiger partial charge < -0.3 is 19.1 Å². The Balaban J connectivity index is 1.68. The van der Waals surface area contributed by atoms with E-state index >= 15 is 0 Å². The van der Waals surface area contributed by atoms with Crippen LogP contribution in [0.4, 0.5) is 5.69 Å². The summed E-state index contributed by atoms with van der Waals surface area (Å²) in [5.41, 5.74) is 0.527. The number of rotatable bonds is 8. The Morgan fingerprint density at radius 1 is 1.19 bits per heavy atom. The number of benzene rings is 2. The normalized spacial score (nSPS) is 16.5. The molecule has 1 aliphatic heterocycles. The third-order valence-electron chi connectivity index (χ3n) is 5.00. The van der Waals surface area contributed by atoms with Gasteiger partial charge in [0.1, 0.15) is 11.5 Å². The predicted octanol–water partition coefficient (Wildman–Crippen LogP) is 2.11. The van der Waals surface area contributed by atoms with E-state index in [9.17, 15) is 18.0 Å². The number of anilines is 1. The number of esters is 1. The van der Waals surface area contributed by atoms with Crippen LogP contribution in [0.3, 0.4) is 0 Å². The number of para-hydroxylation sites is 2. The lowest BCUT2D eigenvalue weighted by Gasteiger charge is -2.33. The van der Waals surface area contributed by atoms with Crippen LogP contribution in [0.15, 0.2) is 53.4 Å². The molecule has 2 aromatic rings. The molecular formula is C22H26N2O7S. The van der Waals surface area contributed by atoms with Crippen molar-refractivity contribution < 1.29 is 32.2 Å². The molecule has 1 N–H and O–H groups in total. The summed E-state index contributed by atoms with van der Waals surface area (Å²) in [6.07, 6.45) is -0.273. The van der Waals surface area contributed by atoms with Gasteiger partial charge in [-0.2, -0.15) is 0 Å². The van der Waals surface area contributed by atoms with Gasteiger partial charge in [0.15, 0.2) is 6.61 Å². The maximum atomic E-state index is 12.9. The van der Waals surface area contributed by atoms with E-state index in [1.807, 2.05) is 6.92 Å². The number of sulfonamides is 1. The van der Waals surface area contributed by atoms with E-state index in [0.29, 0.717) is 23.6 Å². The maximum absolute atomic E-state index is 12.9. The van der Waals surface area contributed by atoms with E-state index in [2.05, 4.69) is 4.72 Å². The predicted molar refractivity (Wildman–Crippen MR) is 117 cm³/mol. The summed E-state index contributed by atoms with van der Waals surface area (Å²) in [7, 11) is -2.37. The van der Waals surface area contributed by atoms with Gasteiger partial charge in [-0.25, -0.2) is 17.9 Å².